The Bertz CT molecular complexity index is 468. The zero-order chi connectivity index (χ0) is 10.1. The zero-order valence-electron chi connectivity index (χ0n) is 7.36. The number of halogens is 1. The van der Waals surface area contributed by atoms with Crippen molar-refractivity contribution in [2.24, 2.45) is 0 Å². The van der Waals surface area contributed by atoms with E-state index in [4.69, 9.17) is 9.52 Å². The predicted octanol–water partition coefficient (Wildman–Crippen LogP) is 1.89. The van der Waals surface area contributed by atoms with Crippen LogP contribution in [0.15, 0.2) is 22.6 Å². The average Bonchev–Trinajstić information content (AvgIpc) is 2.57. The number of nitrogens with zero attached hydrogens (tertiary/aromatic N) is 2. The van der Waals surface area contributed by atoms with Crippen LogP contribution in [0.25, 0.3) is 11.5 Å². The molecule has 0 spiro atoms. The fourth-order valence-corrected chi connectivity index (χ4v) is 1.05. The largest absolute Gasteiger partial charge is 0.505 e. The lowest BCUT2D eigenvalue weighted by atomic mass is 10.2. The Balaban J connectivity index is 2.47. The highest BCUT2D eigenvalue weighted by atomic mass is 19.1. The molecule has 1 aromatic carbocycles. The Morgan fingerprint density at radius 2 is 2.14 bits per heavy atom. The summed E-state index contributed by atoms with van der Waals surface area (Å²) in [6.45, 7) is 1.65. The lowest BCUT2D eigenvalue weighted by Gasteiger charge is -1.96. The van der Waals surface area contributed by atoms with E-state index in [2.05, 4.69) is 10.2 Å². The number of hydrogen-bond donors (Lipinski definition) is 1. The monoisotopic (exact) mass is 194 g/mol. The first-order valence-corrected chi connectivity index (χ1v) is 3.96. The molecular weight excluding hydrogens is 187 g/mol. The molecule has 0 bridgehead atoms. The Morgan fingerprint density at radius 3 is 2.71 bits per heavy atom. The molecule has 5 heteroatoms. The summed E-state index contributed by atoms with van der Waals surface area (Å²) >= 11 is 0. The maximum atomic E-state index is 12.9. The molecule has 2 rings (SSSR count). The Hall–Kier alpha value is -1.91. The molecule has 1 N–H and O–H groups in total. The van der Waals surface area contributed by atoms with Crippen molar-refractivity contribution in [3.8, 4) is 17.2 Å². The maximum Gasteiger partial charge on any atom is 0.247 e. The first-order valence-electron chi connectivity index (χ1n) is 3.96. The predicted molar refractivity (Wildman–Crippen MR) is 46.1 cm³/mol. The molecule has 0 aliphatic carbocycles. The van der Waals surface area contributed by atoms with Gasteiger partial charge in [0.15, 0.2) is 11.6 Å². The van der Waals surface area contributed by atoms with Gasteiger partial charge < -0.3 is 9.52 Å². The first-order chi connectivity index (χ1) is 6.66. The molecule has 1 aromatic heterocycles. The molecule has 0 amide bonds. The van der Waals surface area contributed by atoms with Gasteiger partial charge in [-0.1, -0.05) is 0 Å². The molecule has 0 saturated heterocycles. The van der Waals surface area contributed by atoms with Gasteiger partial charge in [0.1, 0.15) is 0 Å². The zero-order valence-corrected chi connectivity index (χ0v) is 7.36. The fourth-order valence-electron chi connectivity index (χ4n) is 1.05. The van der Waals surface area contributed by atoms with Crippen LogP contribution in [-0.2, 0) is 0 Å². The minimum absolute atomic E-state index is 0.237. The summed E-state index contributed by atoms with van der Waals surface area (Å²) in [7, 11) is 0. The van der Waals surface area contributed by atoms with Crippen LogP contribution in [0.3, 0.4) is 0 Å². The minimum Gasteiger partial charge on any atom is -0.505 e. The van der Waals surface area contributed by atoms with E-state index in [1.807, 2.05) is 0 Å². The standard InChI is InChI=1S/C9H7FN2O2/c1-5-11-12-9(14-5)6-2-3-8(13)7(10)4-6/h2-4,13H,1H3. The molecular formula is C9H7FN2O2. The molecule has 72 valence electrons. The van der Waals surface area contributed by atoms with E-state index in [-0.39, 0.29) is 5.89 Å². The highest BCUT2D eigenvalue weighted by molar-refractivity contribution is 5.54. The number of hydrogen-bond acceptors (Lipinski definition) is 4. The third-order valence-electron chi connectivity index (χ3n) is 1.72. The molecule has 0 aliphatic heterocycles. The van der Waals surface area contributed by atoms with Gasteiger partial charge in [0.2, 0.25) is 11.8 Å². The molecule has 0 atom stereocenters. The van der Waals surface area contributed by atoms with E-state index in [1.165, 1.54) is 12.1 Å². The van der Waals surface area contributed by atoms with Crippen molar-refractivity contribution in [3.05, 3.63) is 29.9 Å². The summed E-state index contributed by atoms with van der Waals surface area (Å²) in [5.74, 6) is -0.460. The lowest BCUT2D eigenvalue weighted by molar-refractivity contribution is 0.432. The summed E-state index contributed by atoms with van der Waals surface area (Å²) in [6, 6.07) is 3.89. The molecule has 0 fully saturated rings. The molecule has 0 saturated carbocycles. The normalized spacial score (nSPS) is 10.4. The topological polar surface area (TPSA) is 59.2 Å². The maximum absolute atomic E-state index is 12.9. The van der Waals surface area contributed by atoms with Gasteiger partial charge in [-0.05, 0) is 18.2 Å². The number of aryl methyl sites for hydroxylation is 1. The number of aromatic hydroxyl groups is 1. The summed E-state index contributed by atoms with van der Waals surface area (Å²) in [6.07, 6.45) is 0. The van der Waals surface area contributed by atoms with Crippen molar-refractivity contribution in [1.29, 1.82) is 0 Å². The van der Waals surface area contributed by atoms with Crippen LogP contribution >= 0.6 is 0 Å². The lowest BCUT2D eigenvalue weighted by Crippen LogP contribution is -1.81. The van der Waals surface area contributed by atoms with Gasteiger partial charge in [0, 0.05) is 12.5 Å². The van der Waals surface area contributed by atoms with Gasteiger partial charge in [-0.2, -0.15) is 0 Å². The van der Waals surface area contributed by atoms with Crippen LogP contribution in [0, 0.1) is 12.7 Å². The van der Waals surface area contributed by atoms with Crippen molar-refractivity contribution in [2.75, 3.05) is 0 Å². The van der Waals surface area contributed by atoms with E-state index >= 15 is 0 Å². The van der Waals surface area contributed by atoms with E-state index in [0.717, 1.165) is 6.07 Å². The van der Waals surface area contributed by atoms with Gasteiger partial charge in [0.05, 0.1) is 0 Å². The number of rotatable bonds is 1. The van der Waals surface area contributed by atoms with Crippen molar-refractivity contribution < 1.29 is 13.9 Å². The summed E-state index contributed by atoms with van der Waals surface area (Å²) in [4.78, 5) is 0. The molecule has 0 aliphatic rings. The summed E-state index contributed by atoms with van der Waals surface area (Å²) < 4.78 is 18.0. The van der Waals surface area contributed by atoms with E-state index in [9.17, 15) is 4.39 Å². The van der Waals surface area contributed by atoms with Gasteiger partial charge in [-0.15, -0.1) is 10.2 Å². The minimum atomic E-state index is -0.710. The third kappa shape index (κ3) is 1.44. The van der Waals surface area contributed by atoms with E-state index in [0.29, 0.717) is 11.5 Å². The fraction of sp³-hybridized carbons (Fsp3) is 0.111. The Morgan fingerprint density at radius 1 is 1.36 bits per heavy atom. The Kier molecular flexibility index (Phi) is 1.92. The molecule has 2 aromatic rings. The van der Waals surface area contributed by atoms with Crippen LogP contribution in [0.4, 0.5) is 4.39 Å². The molecule has 14 heavy (non-hydrogen) atoms. The highest BCUT2D eigenvalue weighted by Gasteiger charge is 2.08. The molecule has 4 nitrogen and oxygen atoms in total. The van der Waals surface area contributed by atoms with Gasteiger partial charge in [-0.25, -0.2) is 4.39 Å². The van der Waals surface area contributed by atoms with Crippen molar-refractivity contribution in [1.82, 2.24) is 10.2 Å². The molecule has 0 unspecified atom stereocenters. The smallest absolute Gasteiger partial charge is 0.247 e. The van der Waals surface area contributed by atoms with Gasteiger partial charge in [0.25, 0.3) is 0 Å². The highest BCUT2D eigenvalue weighted by Crippen LogP contribution is 2.23. The second-order valence-corrected chi connectivity index (χ2v) is 2.79. The Labute approximate surface area is 79.0 Å². The van der Waals surface area contributed by atoms with Crippen molar-refractivity contribution in [3.63, 3.8) is 0 Å². The number of phenolic OH excluding ortho intramolecular Hbond substituents is 1. The van der Waals surface area contributed by atoms with E-state index in [1.54, 1.807) is 6.92 Å². The SMILES string of the molecule is Cc1nnc(-c2ccc(O)c(F)c2)o1. The third-order valence-corrected chi connectivity index (χ3v) is 1.72. The quantitative estimate of drug-likeness (QED) is 0.753. The van der Waals surface area contributed by atoms with Crippen LogP contribution in [-0.4, -0.2) is 15.3 Å². The van der Waals surface area contributed by atoms with Crippen molar-refractivity contribution in [2.45, 2.75) is 6.92 Å². The molecule has 1 heterocycles. The van der Waals surface area contributed by atoms with Crippen LogP contribution in [0.1, 0.15) is 5.89 Å². The van der Waals surface area contributed by atoms with Crippen LogP contribution in [0.2, 0.25) is 0 Å². The summed E-state index contributed by atoms with van der Waals surface area (Å²) in [5.41, 5.74) is 0.445. The first kappa shape index (κ1) is 8.68. The number of aromatic nitrogens is 2. The second kappa shape index (κ2) is 3.10. The van der Waals surface area contributed by atoms with Crippen molar-refractivity contribution >= 4 is 0 Å². The van der Waals surface area contributed by atoms with Crippen LogP contribution < -0.4 is 0 Å². The average molecular weight is 194 g/mol. The van der Waals surface area contributed by atoms with Crippen LogP contribution in [0.5, 0.6) is 5.75 Å². The molecule has 0 radical (unpaired) electrons. The number of phenols is 1. The second-order valence-electron chi connectivity index (χ2n) is 2.79. The van der Waals surface area contributed by atoms with Gasteiger partial charge in [-0.3, -0.25) is 0 Å². The van der Waals surface area contributed by atoms with Gasteiger partial charge >= 0.3 is 0 Å². The van der Waals surface area contributed by atoms with E-state index < -0.39 is 11.6 Å². The summed E-state index contributed by atoms with van der Waals surface area (Å²) in [5, 5.41) is 16.3. The number of benzene rings is 1.